The van der Waals surface area contributed by atoms with Crippen LogP contribution in [0.5, 0.6) is 0 Å². The Morgan fingerprint density at radius 2 is 1.83 bits per heavy atom. The Balaban J connectivity index is 2.18. The Morgan fingerprint density at radius 1 is 1.06 bits per heavy atom. The van der Waals surface area contributed by atoms with E-state index in [9.17, 15) is 0 Å². The molecule has 4 heteroatoms. The molecule has 3 rings (SSSR count). The van der Waals surface area contributed by atoms with Gasteiger partial charge in [-0.1, -0.05) is 53.8 Å². The third-order valence-corrected chi connectivity index (χ3v) is 4.01. The Bertz CT molecular complexity index is 683. The van der Waals surface area contributed by atoms with E-state index in [2.05, 4.69) is 34.5 Å². The molecule has 0 saturated carbocycles. The molecule has 0 aliphatic carbocycles. The van der Waals surface area contributed by atoms with Gasteiger partial charge >= 0.3 is 0 Å². The zero-order valence-electron chi connectivity index (χ0n) is 10.00. The van der Waals surface area contributed by atoms with Crippen molar-refractivity contribution in [2.45, 2.75) is 13.0 Å². The maximum absolute atomic E-state index is 5.83. The molecule has 1 atom stereocenters. The summed E-state index contributed by atoms with van der Waals surface area (Å²) in [6, 6.07) is 14.5. The average Bonchev–Trinajstić information content (AvgIpc) is 2.87. The molecule has 0 bridgehead atoms. The first kappa shape index (κ1) is 11.3. The van der Waals surface area contributed by atoms with E-state index in [4.69, 9.17) is 5.73 Å². The first-order chi connectivity index (χ1) is 8.75. The van der Waals surface area contributed by atoms with Crippen molar-refractivity contribution in [3.05, 3.63) is 47.5 Å². The van der Waals surface area contributed by atoms with Gasteiger partial charge in [0.25, 0.3) is 0 Å². The average molecular weight is 255 g/mol. The van der Waals surface area contributed by atoms with Crippen molar-refractivity contribution < 1.29 is 0 Å². The zero-order valence-corrected chi connectivity index (χ0v) is 10.8. The Labute approximate surface area is 109 Å². The molecular formula is C14H13N3S. The van der Waals surface area contributed by atoms with Crippen LogP contribution in [0.15, 0.2) is 42.5 Å². The number of hydrogen-bond donors (Lipinski definition) is 1. The van der Waals surface area contributed by atoms with Gasteiger partial charge in [0.2, 0.25) is 0 Å². The lowest BCUT2D eigenvalue weighted by Gasteiger charge is -2.02. The summed E-state index contributed by atoms with van der Waals surface area (Å²) in [5.41, 5.74) is 6.95. The van der Waals surface area contributed by atoms with E-state index in [1.165, 1.54) is 10.8 Å². The molecule has 0 spiro atoms. The molecule has 0 radical (unpaired) electrons. The summed E-state index contributed by atoms with van der Waals surface area (Å²) < 4.78 is 0. The lowest BCUT2D eigenvalue weighted by molar-refractivity contribution is 0.786. The third kappa shape index (κ3) is 1.89. The van der Waals surface area contributed by atoms with Gasteiger partial charge in [-0.2, -0.15) is 0 Å². The smallest absolute Gasteiger partial charge is 0.148 e. The predicted molar refractivity (Wildman–Crippen MR) is 75.5 cm³/mol. The Morgan fingerprint density at radius 3 is 2.61 bits per heavy atom. The van der Waals surface area contributed by atoms with Gasteiger partial charge in [0, 0.05) is 5.56 Å². The van der Waals surface area contributed by atoms with E-state index in [1.807, 2.05) is 25.1 Å². The van der Waals surface area contributed by atoms with Gasteiger partial charge in [-0.15, -0.1) is 10.2 Å². The van der Waals surface area contributed by atoms with Crippen molar-refractivity contribution in [3.8, 4) is 10.6 Å². The first-order valence-corrected chi connectivity index (χ1v) is 6.64. The summed E-state index contributed by atoms with van der Waals surface area (Å²) >= 11 is 1.56. The molecule has 3 nitrogen and oxygen atoms in total. The maximum Gasteiger partial charge on any atom is 0.148 e. The number of nitrogens with two attached hydrogens (primary N) is 1. The number of fused-ring (bicyclic) bond motifs is 1. The second kappa shape index (κ2) is 4.48. The highest BCUT2D eigenvalue weighted by Gasteiger charge is 2.11. The fourth-order valence-electron chi connectivity index (χ4n) is 1.94. The monoisotopic (exact) mass is 255 g/mol. The topological polar surface area (TPSA) is 51.8 Å². The Hall–Kier alpha value is -1.78. The second-order valence-electron chi connectivity index (χ2n) is 4.26. The molecule has 1 aromatic heterocycles. The lowest BCUT2D eigenvalue weighted by atomic mass is 10.1. The second-order valence-corrected chi connectivity index (χ2v) is 5.27. The van der Waals surface area contributed by atoms with Gasteiger partial charge in [0.05, 0.1) is 6.04 Å². The summed E-state index contributed by atoms with van der Waals surface area (Å²) in [6.45, 7) is 1.92. The van der Waals surface area contributed by atoms with Gasteiger partial charge in [0.1, 0.15) is 10.0 Å². The number of rotatable bonds is 2. The van der Waals surface area contributed by atoms with E-state index in [1.54, 1.807) is 11.3 Å². The van der Waals surface area contributed by atoms with Gasteiger partial charge in [-0.3, -0.25) is 0 Å². The third-order valence-electron chi connectivity index (χ3n) is 2.85. The van der Waals surface area contributed by atoms with Gasteiger partial charge in [-0.25, -0.2) is 0 Å². The van der Waals surface area contributed by atoms with Crippen LogP contribution < -0.4 is 5.73 Å². The minimum absolute atomic E-state index is 0.0637. The normalized spacial score (nSPS) is 12.8. The molecule has 2 N–H and O–H groups in total. The van der Waals surface area contributed by atoms with Crippen molar-refractivity contribution in [1.29, 1.82) is 0 Å². The fourth-order valence-corrected chi connectivity index (χ4v) is 2.77. The van der Waals surface area contributed by atoms with Crippen LogP contribution in [0.2, 0.25) is 0 Å². The van der Waals surface area contributed by atoms with Crippen molar-refractivity contribution in [3.63, 3.8) is 0 Å². The van der Waals surface area contributed by atoms with E-state index in [0.29, 0.717) is 0 Å². The van der Waals surface area contributed by atoms with Crippen LogP contribution in [0.4, 0.5) is 0 Å². The summed E-state index contributed by atoms with van der Waals surface area (Å²) in [4.78, 5) is 0. The standard InChI is InChI=1S/C14H13N3S/c1-9(15)13-16-17-14(18-13)12-8-4-6-10-5-2-3-7-11(10)12/h2-9H,15H2,1H3. The van der Waals surface area contributed by atoms with Crippen molar-refractivity contribution in [2.24, 2.45) is 5.73 Å². The number of benzene rings is 2. The highest BCUT2D eigenvalue weighted by Crippen LogP contribution is 2.31. The molecule has 0 fully saturated rings. The lowest BCUT2D eigenvalue weighted by Crippen LogP contribution is -2.03. The quantitative estimate of drug-likeness (QED) is 0.763. The number of hydrogen-bond acceptors (Lipinski definition) is 4. The summed E-state index contributed by atoms with van der Waals surface area (Å²) in [5.74, 6) is 0. The summed E-state index contributed by atoms with van der Waals surface area (Å²) in [6.07, 6.45) is 0. The molecule has 1 unspecified atom stereocenters. The van der Waals surface area contributed by atoms with Crippen LogP contribution in [0, 0.1) is 0 Å². The minimum atomic E-state index is -0.0637. The zero-order chi connectivity index (χ0) is 12.5. The molecule has 90 valence electrons. The largest absolute Gasteiger partial charge is 0.322 e. The maximum atomic E-state index is 5.83. The molecule has 0 aliphatic rings. The number of nitrogens with zero attached hydrogens (tertiary/aromatic N) is 2. The molecular weight excluding hydrogens is 242 g/mol. The molecule has 0 amide bonds. The highest BCUT2D eigenvalue weighted by atomic mass is 32.1. The summed E-state index contributed by atoms with van der Waals surface area (Å²) in [5, 5.41) is 12.6. The molecule has 0 saturated heterocycles. The molecule has 3 aromatic rings. The van der Waals surface area contributed by atoms with Crippen LogP contribution in [0.3, 0.4) is 0 Å². The Kier molecular flexibility index (Phi) is 2.81. The van der Waals surface area contributed by atoms with Crippen LogP contribution in [0.1, 0.15) is 18.0 Å². The fraction of sp³-hybridized carbons (Fsp3) is 0.143. The molecule has 0 aliphatic heterocycles. The predicted octanol–water partition coefficient (Wildman–Crippen LogP) is 3.38. The van der Waals surface area contributed by atoms with Gasteiger partial charge in [-0.05, 0) is 17.7 Å². The van der Waals surface area contributed by atoms with Crippen LogP contribution in [-0.4, -0.2) is 10.2 Å². The minimum Gasteiger partial charge on any atom is -0.322 e. The molecule has 2 aromatic carbocycles. The SMILES string of the molecule is CC(N)c1nnc(-c2cccc3ccccc23)s1. The van der Waals surface area contributed by atoms with Crippen LogP contribution in [0.25, 0.3) is 21.3 Å². The molecule has 18 heavy (non-hydrogen) atoms. The number of aromatic nitrogens is 2. The van der Waals surface area contributed by atoms with E-state index < -0.39 is 0 Å². The van der Waals surface area contributed by atoms with E-state index >= 15 is 0 Å². The van der Waals surface area contributed by atoms with Crippen LogP contribution in [-0.2, 0) is 0 Å². The van der Waals surface area contributed by atoms with Gasteiger partial charge in [0.15, 0.2) is 0 Å². The van der Waals surface area contributed by atoms with Crippen molar-refractivity contribution in [2.75, 3.05) is 0 Å². The molecule has 1 heterocycles. The van der Waals surface area contributed by atoms with E-state index in [-0.39, 0.29) is 6.04 Å². The van der Waals surface area contributed by atoms with Gasteiger partial charge < -0.3 is 5.73 Å². The van der Waals surface area contributed by atoms with Crippen LogP contribution >= 0.6 is 11.3 Å². The van der Waals surface area contributed by atoms with Crippen molar-refractivity contribution in [1.82, 2.24) is 10.2 Å². The van der Waals surface area contributed by atoms with E-state index in [0.717, 1.165) is 15.6 Å². The summed E-state index contributed by atoms with van der Waals surface area (Å²) in [7, 11) is 0. The van der Waals surface area contributed by atoms with Crippen molar-refractivity contribution >= 4 is 22.1 Å². The highest BCUT2D eigenvalue weighted by molar-refractivity contribution is 7.14. The first-order valence-electron chi connectivity index (χ1n) is 5.83.